The van der Waals surface area contributed by atoms with E-state index in [0.29, 0.717) is 12.1 Å². The van der Waals surface area contributed by atoms with E-state index < -0.39 is 17.9 Å². The molecule has 17 heavy (non-hydrogen) atoms. The summed E-state index contributed by atoms with van der Waals surface area (Å²) in [7, 11) is 1.63. The Morgan fingerprint density at radius 1 is 1.59 bits per heavy atom. The lowest BCUT2D eigenvalue weighted by Crippen LogP contribution is -2.45. The van der Waals surface area contributed by atoms with Crippen molar-refractivity contribution >= 4 is 11.9 Å². The molecule has 2 N–H and O–H groups in total. The van der Waals surface area contributed by atoms with Gasteiger partial charge in [-0.2, -0.15) is 5.10 Å². The van der Waals surface area contributed by atoms with Gasteiger partial charge in [-0.05, 0) is 12.0 Å². The van der Waals surface area contributed by atoms with Gasteiger partial charge in [0.15, 0.2) is 0 Å². The highest BCUT2D eigenvalue weighted by Gasteiger charge is 2.26. The van der Waals surface area contributed by atoms with Crippen molar-refractivity contribution in [2.45, 2.75) is 26.3 Å². The van der Waals surface area contributed by atoms with E-state index in [-0.39, 0.29) is 5.92 Å². The molecule has 0 unspecified atom stereocenters. The van der Waals surface area contributed by atoms with Crippen LogP contribution in [0.1, 0.15) is 30.8 Å². The number of amides is 1. The van der Waals surface area contributed by atoms with Crippen molar-refractivity contribution in [1.29, 1.82) is 0 Å². The van der Waals surface area contributed by atoms with Gasteiger partial charge in [0.2, 0.25) is 0 Å². The summed E-state index contributed by atoms with van der Waals surface area (Å²) in [6.07, 6.45) is 2.18. The number of carboxylic acid groups (broad SMARTS) is 1. The number of aromatic nitrogens is 2. The topological polar surface area (TPSA) is 84.2 Å². The lowest BCUT2D eigenvalue weighted by molar-refractivity contribution is -0.140. The molecule has 0 aliphatic carbocycles. The molecule has 1 heterocycles. The van der Waals surface area contributed by atoms with Crippen molar-refractivity contribution in [3.63, 3.8) is 0 Å². The third-order valence-electron chi connectivity index (χ3n) is 2.82. The lowest BCUT2D eigenvalue weighted by atomic mass is 9.99. The zero-order valence-electron chi connectivity index (χ0n) is 10.2. The summed E-state index contributed by atoms with van der Waals surface area (Å²) < 4.78 is 1.41. The van der Waals surface area contributed by atoms with E-state index in [4.69, 9.17) is 5.11 Å². The normalized spacial score (nSPS) is 14.1. The van der Waals surface area contributed by atoms with Crippen LogP contribution in [0, 0.1) is 5.92 Å². The molecule has 0 aliphatic heterocycles. The molecule has 0 spiro atoms. The first-order valence-corrected chi connectivity index (χ1v) is 5.49. The van der Waals surface area contributed by atoms with Gasteiger partial charge in [0, 0.05) is 13.2 Å². The minimum Gasteiger partial charge on any atom is -0.480 e. The molecule has 0 saturated heterocycles. The molecular formula is C11H17N3O3. The molecule has 1 aromatic rings. The molecular weight excluding hydrogens is 222 g/mol. The summed E-state index contributed by atoms with van der Waals surface area (Å²) in [5.74, 6) is -1.56. The number of carbonyl (C=O) groups is 2. The lowest BCUT2D eigenvalue weighted by Gasteiger charge is -2.19. The Kier molecular flexibility index (Phi) is 4.25. The average Bonchev–Trinajstić information content (AvgIpc) is 2.70. The van der Waals surface area contributed by atoms with Crippen molar-refractivity contribution in [3.05, 3.63) is 18.0 Å². The molecule has 1 aromatic heterocycles. The van der Waals surface area contributed by atoms with E-state index in [0.717, 1.165) is 0 Å². The summed E-state index contributed by atoms with van der Waals surface area (Å²) in [5, 5.41) is 15.4. The third-order valence-corrected chi connectivity index (χ3v) is 2.82. The Labute approximate surface area is 99.6 Å². The molecule has 0 aliphatic rings. The Hall–Kier alpha value is -1.85. The van der Waals surface area contributed by atoms with Gasteiger partial charge in [-0.15, -0.1) is 0 Å². The van der Waals surface area contributed by atoms with Crippen LogP contribution in [-0.2, 0) is 11.8 Å². The Morgan fingerprint density at radius 2 is 2.24 bits per heavy atom. The fraction of sp³-hybridized carbons (Fsp3) is 0.545. The zero-order valence-corrected chi connectivity index (χ0v) is 10.2. The van der Waals surface area contributed by atoms with Crippen molar-refractivity contribution in [2.24, 2.45) is 13.0 Å². The van der Waals surface area contributed by atoms with Crippen LogP contribution in [-0.4, -0.2) is 32.8 Å². The van der Waals surface area contributed by atoms with Crippen molar-refractivity contribution in [2.75, 3.05) is 0 Å². The predicted octanol–water partition coefficient (Wildman–Crippen LogP) is 0.649. The fourth-order valence-electron chi connectivity index (χ4n) is 1.49. The Balaban J connectivity index is 2.78. The highest BCUT2D eigenvalue weighted by molar-refractivity contribution is 5.95. The van der Waals surface area contributed by atoms with Gasteiger partial charge in [-0.3, -0.25) is 9.48 Å². The fourth-order valence-corrected chi connectivity index (χ4v) is 1.49. The van der Waals surface area contributed by atoms with Crippen LogP contribution < -0.4 is 5.32 Å². The van der Waals surface area contributed by atoms with Crippen LogP contribution in [0.25, 0.3) is 0 Å². The highest BCUT2D eigenvalue weighted by Crippen LogP contribution is 2.09. The standard InChI is InChI=1S/C11H17N3O3/c1-4-7(2)9(11(16)17)13-10(15)8-5-6-12-14(8)3/h5-7,9H,4H2,1-3H3,(H,13,15)(H,16,17)/t7-,9-/m0/s1. The van der Waals surface area contributed by atoms with E-state index in [1.54, 1.807) is 20.0 Å². The van der Waals surface area contributed by atoms with Crippen LogP contribution in [0.4, 0.5) is 0 Å². The van der Waals surface area contributed by atoms with Gasteiger partial charge in [-0.25, -0.2) is 4.79 Å². The number of nitrogens with one attached hydrogen (secondary N) is 1. The minimum atomic E-state index is -1.02. The number of aryl methyl sites for hydroxylation is 1. The summed E-state index contributed by atoms with van der Waals surface area (Å²) in [5.41, 5.74) is 0.347. The van der Waals surface area contributed by atoms with Crippen LogP contribution in [0.5, 0.6) is 0 Å². The minimum absolute atomic E-state index is 0.121. The second-order valence-electron chi connectivity index (χ2n) is 4.01. The van der Waals surface area contributed by atoms with Gasteiger partial charge in [0.1, 0.15) is 11.7 Å². The number of rotatable bonds is 5. The van der Waals surface area contributed by atoms with E-state index in [1.807, 2.05) is 6.92 Å². The third kappa shape index (κ3) is 3.05. The SMILES string of the molecule is CC[C@H](C)[C@H](NC(=O)c1ccnn1C)C(=O)O. The number of carboxylic acids is 1. The van der Waals surface area contributed by atoms with Gasteiger partial charge in [0.05, 0.1) is 0 Å². The summed E-state index contributed by atoms with van der Waals surface area (Å²) in [6.45, 7) is 3.68. The molecule has 0 saturated carbocycles. The summed E-state index contributed by atoms with van der Waals surface area (Å²) in [6, 6.07) is 0.674. The van der Waals surface area contributed by atoms with Gasteiger partial charge in [0.25, 0.3) is 5.91 Å². The average molecular weight is 239 g/mol. The summed E-state index contributed by atoms with van der Waals surface area (Å²) in [4.78, 5) is 22.9. The number of carbonyl (C=O) groups excluding carboxylic acids is 1. The Bertz CT molecular complexity index is 414. The monoisotopic (exact) mass is 239 g/mol. The molecule has 0 radical (unpaired) electrons. The number of hydrogen-bond acceptors (Lipinski definition) is 3. The van der Waals surface area contributed by atoms with Crippen molar-refractivity contribution in [1.82, 2.24) is 15.1 Å². The smallest absolute Gasteiger partial charge is 0.326 e. The first kappa shape index (κ1) is 13.2. The number of nitrogens with zero attached hydrogens (tertiary/aromatic N) is 2. The first-order valence-electron chi connectivity index (χ1n) is 5.49. The maximum absolute atomic E-state index is 11.8. The largest absolute Gasteiger partial charge is 0.480 e. The molecule has 0 bridgehead atoms. The maximum Gasteiger partial charge on any atom is 0.326 e. The van der Waals surface area contributed by atoms with Gasteiger partial charge in [-0.1, -0.05) is 20.3 Å². The van der Waals surface area contributed by atoms with E-state index in [1.165, 1.54) is 10.9 Å². The highest BCUT2D eigenvalue weighted by atomic mass is 16.4. The van der Waals surface area contributed by atoms with Gasteiger partial charge < -0.3 is 10.4 Å². The molecule has 0 aromatic carbocycles. The molecule has 2 atom stereocenters. The van der Waals surface area contributed by atoms with Gasteiger partial charge >= 0.3 is 5.97 Å². The molecule has 0 fully saturated rings. The predicted molar refractivity (Wildman–Crippen MR) is 61.6 cm³/mol. The van der Waals surface area contributed by atoms with Crippen LogP contribution in [0.2, 0.25) is 0 Å². The quantitative estimate of drug-likeness (QED) is 0.790. The van der Waals surface area contributed by atoms with E-state index in [9.17, 15) is 9.59 Å². The van der Waals surface area contributed by atoms with E-state index >= 15 is 0 Å². The first-order chi connectivity index (χ1) is 7.97. The molecule has 94 valence electrons. The number of hydrogen-bond donors (Lipinski definition) is 2. The molecule has 6 heteroatoms. The zero-order chi connectivity index (χ0) is 13.0. The second-order valence-corrected chi connectivity index (χ2v) is 4.01. The second kappa shape index (κ2) is 5.47. The van der Waals surface area contributed by atoms with Crippen LogP contribution >= 0.6 is 0 Å². The van der Waals surface area contributed by atoms with Crippen molar-refractivity contribution in [3.8, 4) is 0 Å². The van der Waals surface area contributed by atoms with Crippen molar-refractivity contribution < 1.29 is 14.7 Å². The van der Waals surface area contributed by atoms with E-state index in [2.05, 4.69) is 10.4 Å². The molecule has 1 rings (SSSR count). The number of aliphatic carboxylic acids is 1. The summed E-state index contributed by atoms with van der Waals surface area (Å²) >= 11 is 0. The van der Waals surface area contributed by atoms with Crippen LogP contribution in [0.3, 0.4) is 0 Å². The molecule has 1 amide bonds. The Morgan fingerprint density at radius 3 is 2.65 bits per heavy atom. The van der Waals surface area contributed by atoms with Crippen LogP contribution in [0.15, 0.2) is 12.3 Å². The maximum atomic E-state index is 11.8. The molecule has 6 nitrogen and oxygen atoms in total.